The molecule has 0 spiro atoms. The predicted molar refractivity (Wildman–Crippen MR) is 110 cm³/mol. The lowest BCUT2D eigenvalue weighted by molar-refractivity contribution is -0.119. The normalized spacial score (nSPS) is 21.3. The Balaban J connectivity index is 1.96. The van der Waals surface area contributed by atoms with Crippen LogP contribution in [0.1, 0.15) is 38.2 Å². The van der Waals surface area contributed by atoms with E-state index in [9.17, 15) is 17.6 Å². The first-order valence-electron chi connectivity index (χ1n) is 9.59. The van der Waals surface area contributed by atoms with E-state index in [1.54, 1.807) is 18.2 Å². The lowest BCUT2D eigenvalue weighted by atomic mass is 9.72. The summed E-state index contributed by atoms with van der Waals surface area (Å²) in [6.07, 6.45) is 0.705. The van der Waals surface area contributed by atoms with Crippen LogP contribution in [0, 0.1) is 11.2 Å². The topological polar surface area (TPSA) is 86.5 Å². The molecule has 0 aromatic heterocycles. The Kier molecular flexibility index (Phi) is 4.81. The van der Waals surface area contributed by atoms with Crippen LogP contribution >= 0.6 is 0 Å². The molecule has 0 radical (unpaired) electrons. The Hall–Kier alpha value is -2.93. The van der Waals surface area contributed by atoms with E-state index >= 15 is 0 Å². The highest BCUT2D eigenvalue weighted by Gasteiger charge is 2.46. The van der Waals surface area contributed by atoms with Gasteiger partial charge in [0.15, 0.2) is 5.78 Å². The third-order valence-electron chi connectivity index (χ3n) is 5.45. The van der Waals surface area contributed by atoms with Crippen LogP contribution < -0.4 is 5.73 Å². The fourth-order valence-corrected chi connectivity index (χ4v) is 5.77. The van der Waals surface area contributed by atoms with Gasteiger partial charge in [-0.15, -0.1) is 0 Å². The number of nitrogens with two attached hydrogens (primary N) is 1. The predicted octanol–water partition coefficient (Wildman–Crippen LogP) is 4.18. The van der Waals surface area contributed by atoms with E-state index in [2.05, 4.69) is 0 Å². The van der Waals surface area contributed by atoms with Gasteiger partial charge in [-0.25, -0.2) is 12.8 Å². The van der Waals surface area contributed by atoms with Gasteiger partial charge in [-0.05, 0) is 35.2 Å². The van der Waals surface area contributed by atoms with Crippen molar-refractivity contribution >= 4 is 15.6 Å². The van der Waals surface area contributed by atoms with Gasteiger partial charge in [-0.2, -0.15) is 0 Å². The lowest BCUT2D eigenvalue weighted by Gasteiger charge is -2.38. The van der Waals surface area contributed by atoms with Crippen molar-refractivity contribution in [1.82, 2.24) is 0 Å². The van der Waals surface area contributed by atoms with Gasteiger partial charge in [0.2, 0.25) is 15.7 Å². The second kappa shape index (κ2) is 7.09. The summed E-state index contributed by atoms with van der Waals surface area (Å²) in [5.41, 5.74) is 6.58. The number of allylic oxidation sites excluding steroid dienone is 3. The molecule has 4 rings (SSSR count). The summed E-state index contributed by atoms with van der Waals surface area (Å²) in [6.45, 7) is 3.89. The van der Waals surface area contributed by atoms with E-state index in [0.717, 1.165) is 0 Å². The van der Waals surface area contributed by atoms with Crippen LogP contribution in [0.4, 0.5) is 4.39 Å². The van der Waals surface area contributed by atoms with Crippen molar-refractivity contribution in [2.24, 2.45) is 11.1 Å². The summed E-state index contributed by atoms with van der Waals surface area (Å²) in [7, 11) is -4.07. The molecule has 0 bridgehead atoms. The number of halogens is 1. The van der Waals surface area contributed by atoms with E-state index in [0.29, 0.717) is 17.7 Å². The maximum atomic E-state index is 13.6. The molecule has 0 saturated carbocycles. The minimum absolute atomic E-state index is 0.0475. The van der Waals surface area contributed by atoms with E-state index in [1.165, 1.54) is 36.4 Å². The smallest absolute Gasteiger partial charge is 0.208 e. The summed E-state index contributed by atoms with van der Waals surface area (Å²) < 4.78 is 46.4. The fourth-order valence-electron chi connectivity index (χ4n) is 4.13. The number of ether oxygens (including phenoxy) is 1. The number of carbonyl (C=O) groups excluding carboxylic acids is 1. The van der Waals surface area contributed by atoms with Crippen molar-refractivity contribution in [2.75, 3.05) is 0 Å². The Morgan fingerprint density at radius 2 is 1.67 bits per heavy atom. The van der Waals surface area contributed by atoms with Gasteiger partial charge < -0.3 is 10.5 Å². The van der Waals surface area contributed by atoms with Crippen LogP contribution in [0.5, 0.6) is 0 Å². The van der Waals surface area contributed by atoms with Gasteiger partial charge in [0, 0.05) is 18.4 Å². The van der Waals surface area contributed by atoms with Crippen LogP contribution in [0.3, 0.4) is 0 Å². The van der Waals surface area contributed by atoms with Crippen molar-refractivity contribution in [1.29, 1.82) is 0 Å². The van der Waals surface area contributed by atoms with Crippen molar-refractivity contribution in [3.8, 4) is 0 Å². The van der Waals surface area contributed by atoms with Gasteiger partial charge in [0.05, 0.1) is 10.8 Å². The summed E-state index contributed by atoms with van der Waals surface area (Å²) in [4.78, 5) is 13.0. The largest absolute Gasteiger partial charge is 0.444 e. The summed E-state index contributed by atoms with van der Waals surface area (Å²) in [5, 5.41) is 0. The van der Waals surface area contributed by atoms with Crippen LogP contribution in [0.25, 0.3) is 0 Å². The molecular formula is C23H22FNO4S. The number of rotatable bonds is 3. The monoisotopic (exact) mass is 427 g/mol. The first-order valence-corrected chi connectivity index (χ1v) is 11.1. The molecule has 0 fully saturated rings. The number of Topliss-reactive ketones (excluding diaryl/α,β-unsaturated/α-hetero) is 1. The number of hydrogen-bond donors (Lipinski definition) is 1. The molecule has 2 aliphatic rings. The van der Waals surface area contributed by atoms with Crippen LogP contribution in [0.2, 0.25) is 0 Å². The van der Waals surface area contributed by atoms with E-state index in [1.807, 2.05) is 13.8 Å². The van der Waals surface area contributed by atoms with Gasteiger partial charge in [-0.3, -0.25) is 4.79 Å². The number of ketones is 1. The van der Waals surface area contributed by atoms with Crippen molar-refractivity contribution < 1.29 is 22.3 Å². The van der Waals surface area contributed by atoms with Crippen molar-refractivity contribution in [2.45, 2.75) is 37.5 Å². The first-order chi connectivity index (χ1) is 14.1. The quantitative estimate of drug-likeness (QED) is 0.794. The highest BCUT2D eigenvalue weighted by Crippen LogP contribution is 2.50. The Bertz CT molecular complexity index is 1180. The molecule has 0 amide bonds. The average molecular weight is 427 g/mol. The SMILES string of the molecule is CC1(C)CC(=O)C2=C(C1)OC(N)=C(S(=O)(=O)c1ccccc1)C2c1ccc(F)cc1. The van der Waals surface area contributed by atoms with Gasteiger partial charge in [0.25, 0.3) is 0 Å². The Morgan fingerprint density at radius 1 is 1.03 bits per heavy atom. The zero-order valence-corrected chi connectivity index (χ0v) is 17.5. The molecule has 0 saturated heterocycles. The molecule has 1 unspecified atom stereocenters. The highest BCUT2D eigenvalue weighted by molar-refractivity contribution is 7.95. The zero-order chi connectivity index (χ0) is 21.7. The summed E-state index contributed by atoms with van der Waals surface area (Å²) >= 11 is 0. The molecular weight excluding hydrogens is 405 g/mol. The van der Waals surface area contributed by atoms with Crippen molar-refractivity contribution in [3.63, 3.8) is 0 Å². The number of sulfone groups is 1. The molecule has 30 heavy (non-hydrogen) atoms. The number of benzene rings is 2. The highest BCUT2D eigenvalue weighted by atomic mass is 32.2. The van der Waals surface area contributed by atoms with Crippen LogP contribution in [-0.2, 0) is 19.4 Å². The average Bonchev–Trinajstić information content (AvgIpc) is 2.67. The standard InChI is InChI=1S/C23H22FNO4S/c1-23(2)12-17(26)20-18(13-23)29-22(25)21(19(20)14-8-10-15(24)11-9-14)30(27,28)16-6-4-3-5-7-16/h3-11,19H,12-13,25H2,1-2H3. The molecule has 2 N–H and O–H groups in total. The molecule has 1 aliphatic carbocycles. The second-order valence-corrected chi connectivity index (χ2v) is 10.3. The van der Waals surface area contributed by atoms with E-state index < -0.39 is 21.6 Å². The minimum Gasteiger partial charge on any atom is -0.444 e. The van der Waals surface area contributed by atoms with Gasteiger partial charge in [-0.1, -0.05) is 44.2 Å². The molecule has 1 heterocycles. The summed E-state index contributed by atoms with van der Waals surface area (Å²) in [6, 6.07) is 13.3. The first kappa shape index (κ1) is 20.3. The van der Waals surface area contributed by atoms with Gasteiger partial charge in [0.1, 0.15) is 16.5 Å². The minimum atomic E-state index is -4.07. The molecule has 7 heteroatoms. The molecule has 156 valence electrons. The molecule has 5 nitrogen and oxygen atoms in total. The third kappa shape index (κ3) is 3.43. The second-order valence-electron chi connectivity index (χ2n) is 8.41. The zero-order valence-electron chi connectivity index (χ0n) is 16.7. The molecule has 1 atom stereocenters. The fraction of sp³-hybridized carbons (Fsp3) is 0.261. The van der Waals surface area contributed by atoms with E-state index in [-0.39, 0.29) is 38.9 Å². The maximum absolute atomic E-state index is 13.6. The lowest BCUT2D eigenvalue weighted by Crippen LogP contribution is -2.35. The molecule has 2 aromatic rings. The molecule has 2 aromatic carbocycles. The Labute approximate surface area is 175 Å². The number of hydrogen-bond acceptors (Lipinski definition) is 5. The van der Waals surface area contributed by atoms with Crippen LogP contribution in [-0.4, -0.2) is 14.2 Å². The Morgan fingerprint density at radius 3 is 2.30 bits per heavy atom. The van der Waals surface area contributed by atoms with Gasteiger partial charge >= 0.3 is 0 Å². The number of carbonyl (C=O) groups is 1. The van der Waals surface area contributed by atoms with Crippen LogP contribution in [0.15, 0.2) is 81.6 Å². The maximum Gasteiger partial charge on any atom is 0.208 e. The summed E-state index contributed by atoms with van der Waals surface area (Å²) in [5.74, 6) is -1.47. The third-order valence-corrected chi connectivity index (χ3v) is 7.36. The molecule has 1 aliphatic heterocycles. The van der Waals surface area contributed by atoms with E-state index in [4.69, 9.17) is 10.5 Å². The van der Waals surface area contributed by atoms with Crippen molar-refractivity contribution in [3.05, 3.63) is 88.1 Å².